The van der Waals surface area contributed by atoms with E-state index in [1.54, 1.807) is 12.1 Å². The molecule has 0 bridgehead atoms. The van der Waals surface area contributed by atoms with Crippen LogP contribution in [-0.2, 0) is 0 Å². The van der Waals surface area contributed by atoms with Crippen molar-refractivity contribution in [1.82, 2.24) is 10.2 Å². The smallest absolute Gasteiger partial charge is 0.256 e. The lowest BCUT2D eigenvalue weighted by molar-refractivity contribution is 0.102. The number of hydrogen-bond donors (Lipinski definition) is 2. The van der Waals surface area contributed by atoms with Gasteiger partial charge in [0.1, 0.15) is 5.82 Å². The number of nitrogens with zero attached hydrogens (tertiary/aromatic N) is 2. The summed E-state index contributed by atoms with van der Waals surface area (Å²) in [5.41, 5.74) is 0.0140. The second kappa shape index (κ2) is 7.33. The zero-order valence-electron chi connectivity index (χ0n) is 13.1. The van der Waals surface area contributed by atoms with Crippen LogP contribution >= 0.6 is 0 Å². The van der Waals surface area contributed by atoms with Crippen molar-refractivity contribution in [1.29, 1.82) is 0 Å². The van der Waals surface area contributed by atoms with E-state index in [4.69, 9.17) is 0 Å². The highest BCUT2D eigenvalue weighted by Crippen LogP contribution is 2.21. The fourth-order valence-electron chi connectivity index (χ4n) is 2.76. The summed E-state index contributed by atoms with van der Waals surface area (Å²) in [4.78, 5) is 12.0. The number of halogens is 2. The number of benzene rings is 1. The lowest BCUT2D eigenvalue weighted by Gasteiger charge is -2.22. The molecule has 1 fully saturated rings. The first-order chi connectivity index (χ1) is 11.6. The van der Waals surface area contributed by atoms with Gasteiger partial charge in [-0.3, -0.25) is 4.79 Å². The fourth-order valence-corrected chi connectivity index (χ4v) is 2.76. The molecule has 1 heterocycles. The molecule has 5 nitrogen and oxygen atoms in total. The van der Waals surface area contributed by atoms with Crippen LogP contribution < -0.4 is 10.6 Å². The lowest BCUT2D eigenvalue weighted by atomic mass is 9.95. The number of hydrogen-bond acceptors (Lipinski definition) is 4. The third-order valence-corrected chi connectivity index (χ3v) is 4.05. The molecule has 1 aliphatic rings. The molecule has 0 atom stereocenters. The van der Waals surface area contributed by atoms with Gasteiger partial charge in [0.2, 0.25) is 0 Å². The fraction of sp³-hybridized carbons (Fsp3) is 0.353. The molecule has 1 aromatic carbocycles. The van der Waals surface area contributed by atoms with E-state index in [1.165, 1.54) is 25.3 Å². The van der Waals surface area contributed by atoms with Gasteiger partial charge in [0.05, 0.1) is 0 Å². The molecule has 24 heavy (non-hydrogen) atoms. The third-order valence-electron chi connectivity index (χ3n) is 4.05. The van der Waals surface area contributed by atoms with Gasteiger partial charge in [-0.15, -0.1) is 10.2 Å². The number of anilines is 2. The number of carbonyl (C=O) groups excluding carboxylic acids is 1. The molecular weight excluding hydrogens is 314 g/mol. The average Bonchev–Trinajstić information content (AvgIpc) is 2.60. The summed E-state index contributed by atoms with van der Waals surface area (Å²) in [6.45, 7) is 0. The minimum atomic E-state index is -1.07. The molecule has 1 aromatic heterocycles. The first-order valence-corrected chi connectivity index (χ1v) is 7.98. The summed E-state index contributed by atoms with van der Waals surface area (Å²) in [5, 5.41) is 13.8. The highest BCUT2D eigenvalue weighted by Gasteiger charge is 2.14. The molecule has 3 rings (SSSR count). The van der Waals surface area contributed by atoms with Crippen LogP contribution in [-0.4, -0.2) is 22.1 Å². The Hall–Kier alpha value is -2.57. The van der Waals surface area contributed by atoms with Gasteiger partial charge in [-0.05, 0) is 43.2 Å². The minimum Gasteiger partial charge on any atom is -0.366 e. The van der Waals surface area contributed by atoms with Crippen molar-refractivity contribution < 1.29 is 13.6 Å². The van der Waals surface area contributed by atoms with Crippen LogP contribution in [0.4, 0.5) is 20.4 Å². The molecule has 0 radical (unpaired) electrons. The van der Waals surface area contributed by atoms with E-state index in [-0.39, 0.29) is 11.4 Å². The molecule has 2 aromatic rings. The van der Waals surface area contributed by atoms with Crippen molar-refractivity contribution in [3.8, 4) is 0 Å². The zero-order valence-corrected chi connectivity index (χ0v) is 13.1. The van der Waals surface area contributed by atoms with Gasteiger partial charge >= 0.3 is 0 Å². The van der Waals surface area contributed by atoms with E-state index in [9.17, 15) is 13.6 Å². The van der Waals surface area contributed by atoms with Crippen LogP contribution in [0.5, 0.6) is 0 Å². The topological polar surface area (TPSA) is 66.9 Å². The molecule has 0 spiro atoms. The summed E-state index contributed by atoms with van der Waals surface area (Å²) in [6.07, 6.45) is 5.95. The molecule has 1 saturated carbocycles. The predicted octanol–water partition coefficient (Wildman–Crippen LogP) is 3.75. The Kier molecular flexibility index (Phi) is 4.98. The molecular formula is C17H18F2N4O. The van der Waals surface area contributed by atoms with Crippen molar-refractivity contribution >= 4 is 17.5 Å². The Labute approximate surface area is 138 Å². The Bertz CT molecular complexity index is 715. The first kappa shape index (κ1) is 16.3. The van der Waals surface area contributed by atoms with Crippen molar-refractivity contribution in [2.75, 3.05) is 10.6 Å². The van der Waals surface area contributed by atoms with E-state index < -0.39 is 17.5 Å². The second-order valence-electron chi connectivity index (χ2n) is 5.87. The summed E-state index contributed by atoms with van der Waals surface area (Å²) in [5.74, 6) is -1.73. The van der Waals surface area contributed by atoms with Crippen molar-refractivity contribution in [3.05, 3.63) is 47.5 Å². The molecule has 1 amide bonds. The molecule has 0 unspecified atom stereocenters. The van der Waals surface area contributed by atoms with E-state index in [2.05, 4.69) is 20.8 Å². The van der Waals surface area contributed by atoms with Crippen LogP contribution in [0.2, 0.25) is 0 Å². The highest BCUT2D eigenvalue weighted by atomic mass is 19.2. The highest BCUT2D eigenvalue weighted by molar-refractivity contribution is 6.03. The largest absolute Gasteiger partial charge is 0.366 e. The van der Waals surface area contributed by atoms with Gasteiger partial charge in [-0.1, -0.05) is 19.3 Å². The number of nitrogens with one attached hydrogen (secondary N) is 2. The van der Waals surface area contributed by atoms with Crippen LogP contribution in [0, 0.1) is 11.6 Å². The Morgan fingerprint density at radius 1 is 0.958 bits per heavy atom. The minimum absolute atomic E-state index is 0.0140. The molecule has 126 valence electrons. The van der Waals surface area contributed by atoms with E-state index in [0.29, 0.717) is 11.9 Å². The van der Waals surface area contributed by atoms with Gasteiger partial charge in [0, 0.05) is 11.6 Å². The van der Waals surface area contributed by atoms with Crippen LogP contribution in [0.15, 0.2) is 30.3 Å². The summed E-state index contributed by atoms with van der Waals surface area (Å²) >= 11 is 0. The van der Waals surface area contributed by atoms with Crippen molar-refractivity contribution in [3.63, 3.8) is 0 Å². The van der Waals surface area contributed by atoms with E-state index >= 15 is 0 Å². The average molecular weight is 332 g/mol. The maximum Gasteiger partial charge on any atom is 0.256 e. The second-order valence-corrected chi connectivity index (χ2v) is 5.87. The monoisotopic (exact) mass is 332 g/mol. The van der Waals surface area contributed by atoms with Gasteiger partial charge in [-0.25, -0.2) is 8.78 Å². The quantitative estimate of drug-likeness (QED) is 0.895. The maximum atomic E-state index is 13.2. The van der Waals surface area contributed by atoms with E-state index in [0.717, 1.165) is 25.0 Å². The molecule has 0 saturated heterocycles. The van der Waals surface area contributed by atoms with Crippen molar-refractivity contribution in [2.24, 2.45) is 0 Å². The molecule has 7 heteroatoms. The normalized spacial score (nSPS) is 15.1. The first-order valence-electron chi connectivity index (χ1n) is 7.98. The lowest BCUT2D eigenvalue weighted by Crippen LogP contribution is -2.23. The van der Waals surface area contributed by atoms with Gasteiger partial charge < -0.3 is 10.6 Å². The van der Waals surface area contributed by atoms with E-state index in [1.807, 2.05) is 0 Å². The zero-order chi connectivity index (χ0) is 16.9. The molecule has 1 aliphatic carbocycles. The number of rotatable bonds is 4. The van der Waals surface area contributed by atoms with Crippen LogP contribution in [0.3, 0.4) is 0 Å². The summed E-state index contributed by atoms with van der Waals surface area (Å²) in [6, 6.07) is 6.73. The maximum absolute atomic E-state index is 13.2. The third kappa shape index (κ3) is 4.04. The Balaban J connectivity index is 1.60. The predicted molar refractivity (Wildman–Crippen MR) is 86.8 cm³/mol. The van der Waals surface area contributed by atoms with Crippen LogP contribution in [0.25, 0.3) is 0 Å². The molecule has 0 aliphatic heterocycles. The number of amides is 1. The Morgan fingerprint density at radius 2 is 1.67 bits per heavy atom. The summed E-state index contributed by atoms with van der Waals surface area (Å²) < 4.78 is 26.1. The number of carbonyl (C=O) groups is 1. The van der Waals surface area contributed by atoms with Gasteiger partial charge in [0.25, 0.3) is 5.91 Å². The van der Waals surface area contributed by atoms with Crippen molar-refractivity contribution in [2.45, 2.75) is 38.1 Å². The van der Waals surface area contributed by atoms with Gasteiger partial charge in [0.15, 0.2) is 17.5 Å². The standard InChI is InChI=1S/C17H18F2N4O/c18-13-7-6-11(10-14(13)19)17(24)21-16-9-8-15(22-23-16)20-12-4-2-1-3-5-12/h6-10,12H,1-5H2,(H,20,22)(H,21,23,24). The SMILES string of the molecule is O=C(Nc1ccc(NC2CCCCC2)nn1)c1ccc(F)c(F)c1. The summed E-state index contributed by atoms with van der Waals surface area (Å²) in [7, 11) is 0. The molecule has 2 N–H and O–H groups in total. The van der Waals surface area contributed by atoms with Gasteiger partial charge in [-0.2, -0.15) is 0 Å². The Morgan fingerprint density at radius 3 is 2.33 bits per heavy atom. The van der Waals surface area contributed by atoms with Crippen LogP contribution in [0.1, 0.15) is 42.5 Å². The number of aromatic nitrogens is 2.